The minimum absolute atomic E-state index is 0.313. The molecular weight excluding hydrogens is 202 g/mol. The van der Waals surface area contributed by atoms with E-state index in [0.29, 0.717) is 19.5 Å². The summed E-state index contributed by atoms with van der Waals surface area (Å²) < 4.78 is 25.2. The lowest BCUT2D eigenvalue weighted by molar-refractivity contribution is 0.412. The summed E-state index contributed by atoms with van der Waals surface area (Å²) in [6, 6.07) is 1.77. The third-order valence-electron chi connectivity index (χ3n) is 1.75. The van der Waals surface area contributed by atoms with E-state index in [9.17, 15) is 8.42 Å². The zero-order valence-electron chi connectivity index (χ0n) is 8.82. The second-order valence-electron chi connectivity index (χ2n) is 3.27. The molecule has 0 saturated carbocycles. The Labute approximate surface area is 85.8 Å². The number of rotatable bonds is 6. The fourth-order valence-corrected chi connectivity index (χ4v) is 2.05. The highest BCUT2D eigenvalue weighted by atomic mass is 32.2. The van der Waals surface area contributed by atoms with Crippen molar-refractivity contribution in [1.29, 1.82) is 5.26 Å². The third kappa shape index (κ3) is 4.56. The van der Waals surface area contributed by atoms with Crippen LogP contribution in [0.1, 0.15) is 13.3 Å². The minimum atomic E-state index is -3.46. The summed E-state index contributed by atoms with van der Waals surface area (Å²) in [4.78, 5) is 1.87. The third-order valence-corrected chi connectivity index (χ3v) is 3.55. The molecule has 82 valence electrons. The summed E-state index contributed by atoms with van der Waals surface area (Å²) in [5.41, 5.74) is 0. The summed E-state index contributed by atoms with van der Waals surface area (Å²) in [5, 5.41) is 7.65. The Hall–Kier alpha value is -0.640. The molecule has 6 heteroatoms. The number of nitrogens with zero attached hydrogens (tertiary/aromatic N) is 2. The Balaban J connectivity index is 4.16. The normalized spacial score (nSPS) is 13.9. The van der Waals surface area contributed by atoms with Gasteiger partial charge in [0, 0.05) is 13.1 Å². The molecule has 5 nitrogen and oxygen atoms in total. The van der Waals surface area contributed by atoms with Gasteiger partial charge in [-0.1, -0.05) is 6.92 Å². The van der Waals surface area contributed by atoms with Crippen molar-refractivity contribution in [2.45, 2.75) is 18.6 Å². The van der Waals surface area contributed by atoms with Gasteiger partial charge in [0.15, 0.2) is 5.25 Å². The molecule has 0 rings (SSSR count). The molecule has 14 heavy (non-hydrogen) atoms. The summed E-state index contributed by atoms with van der Waals surface area (Å²) in [5.74, 6) is 0. The first-order valence-corrected chi connectivity index (χ1v) is 6.01. The van der Waals surface area contributed by atoms with Crippen LogP contribution in [0.25, 0.3) is 0 Å². The Morgan fingerprint density at radius 3 is 2.43 bits per heavy atom. The Kier molecular flexibility index (Phi) is 5.69. The maximum Gasteiger partial charge on any atom is 0.228 e. The second kappa shape index (κ2) is 5.96. The zero-order chi connectivity index (χ0) is 11.2. The molecule has 1 atom stereocenters. The van der Waals surface area contributed by atoms with Gasteiger partial charge in [0.1, 0.15) is 0 Å². The molecule has 0 heterocycles. The van der Waals surface area contributed by atoms with Crippen LogP contribution in [0.15, 0.2) is 0 Å². The molecule has 1 unspecified atom stereocenters. The molecular formula is C8H17N3O2S. The van der Waals surface area contributed by atoms with Crippen LogP contribution >= 0.6 is 0 Å². The summed E-state index contributed by atoms with van der Waals surface area (Å²) >= 11 is 0. The topological polar surface area (TPSA) is 73.2 Å². The molecule has 0 aromatic rings. The van der Waals surface area contributed by atoms with Gasteiger partial charge in [-0.3, -0.25) is 0 Å². The lowest BCUT2D eigenvalue weighted by atomic mass is 10.4. The van der Waals surface area contributed by atoms with Crippen LogP contribution in [0.5, 0.6) is 0 Å². The molecule has 0 aromatic carbocycles. The molecule has 0 amide bonds. The highest BCUT2D eigenvalue weighted by Crippen LogP contribution is 2.01. The van der Waals surface area contributed by atoms with E-state index in [4.69, 9.17) is 5.26 Å². The summed E-state index contributed by atoms with van der Waals surface area (Å²) in [7, 11) is 0.258. The maximum atomic E-state index is 11.4. The first-order valence-electron chi connectivity index (χ1n) is 4.47. The van der Waals surface area contributed by atoms with E-state index in [1.54, 1.807) is 13.0 Å². The number of sulfonamides is 1. The number of nitrogens with one attached hydrogen (secondary N) is 1. The van der Waals surface area contributed by atoms with Crippen LogP contribution in [0.2, 0.25) is 0 Å². The van der Waals surface area contributed by atoms with Gasteiger partial charge in [-0.15, -0.1) is 0 Å². The van der Waals surface area contributed by atoms with Crippen molar-refractivity contribution in [2.24, 2.45) is 0 Å². The van der Waals surface area contributed by atoms with E-state index < -0.39 is 15.3 Å². The van der Waals surface area contributed by atoms with E-state index in [1.165, 1.54) is 0 Å². The summed E-state index contributed by atoms with van der Waals surface area (Å²) in [6.45, 7) is 2.65. The average molecular weight is 219 g/mol. The largest absolute Gasteiger partial charge is 0.308 e. The SMILES string of the molecule is CCC(C#N)S(=O)(=O)NCCN(C)C. The lowest BCUT2D eigenvalue weighted by Crippen LogP contribution is -2.37. The highest BCUT2D eigenvalue weighted by molar-refractivity contribution is 7.90. The molecule has 0 aliphatic carbocycles. The van der Waals surface area contributed by atoms with Crippen LogP contribution in [-0.4, -0.2) is 45.8 Å². The van der Waals surface area contributed by atoms with E-state index in [0.717, 1.165) is 0 Å². The minimum Gasteiger partial charge on any atom is -0.308 e. The molecule has 0 bridgehead atoms. The van der Waals surface area contributed by atoms with Crippen LogP contribution in [0.4, 0.5) is 0 Å². The first kappa shape index (κ1) is 13.4. The molecule has 1 N–H and O–H groups in total. The van der Waals surface area contributed by atoms with E-state index in [2.05, 4.69) is 4.72 Å². The molecule has 0 spiro atoms. The standard InChI is InChI=1S/C8H17N3O2S/c1-4-8(7-9)14(12,13)10-5-6-11(2)3/h8,10H,4-6H2,1-3H3. The van der Waals surface area contributed by atoms with Gasteiger partial charge < -0.3 is 4.90 Å². The number of hydrogen-bond donors (Lipinski definition) is 1. The van der Waals surface area contributed by atoms with Gasteiger partial charge in [0.05, 0.1) is 6.07 Å². The van der Waals surface area contributed by atoms with Gasteiger partial charge >= 0.3 is 0 Å². The molecule has 0 aliphatic heterocycles. The van der Waals surface area contributed by atoms with Crippen LogP contribution in [0, 0.1) is 11.3 Å². The molecule has 0 aliphatic rings. The Bertz CT molecular complexity index is 292. The molecule has 0 radical (unpaired) electrons. The van der Waals surface area contributed by atoms with Crippen molar-refractivity contribution in [1.82, 2.24) is 9.62 Å². The van der Waals surface area contributed by atoms with Crippen molar-refractivity contribution >= 4 is 10.0 Å². The highest BCUT2D eigenvalue weighted by Gasteiger charge is 2.22. The fourth-order valence-electron chi connectivity index (χ4n) is 0.892. The van der Waals surface area contributed by atoms with Gasteiger partial charge in [-0.25, -0.2) is 13.1 Å². The number of likely N-dealkylation sites (N-methyl/N-ethyl adjacent to an activating group) is 1. The Morgan fingerprint density at radius 2 is 2.07 bits per heavy atom. The van der Waals surface area contributed by atoms with Crippen molar-refractivity contribution in [3.05, 3.63) is 0 Å². The van der Waals surface area contributed by atoms with Crippen molar-refractivity contribution in [2.75, 3.05) is 27.2 Å². The van der Waals surface area contributed by atoms with E-state index in [1.807, 2.05) is 19.0 Å². The zero-order valence-corrected chi connectivity index (χ0v) is 9.63. The van der Waals surface area contributed by atoms with E-state index in [-0.39, 0.29) is 0 Å². The maximum absolute atomic E-state index is 11.4. The van der Waals surface area contributed by atoms with Gasteiger partial charge in [-0.2, -0.15) is 5.26 Å². The second-order valence-corrected chi connectivity index (χ2v) is 5.22. The predicted molar refractivity (Wildman–Crippen MR) is 55.2 cm³/mol. The van der Waals surface area contributed by atoms with Gasteiger partial charge in [-0.05, 0) is 20.5 Å². The average Bonchev–Trinajstić information content (AvgIpc) is 2.04. The number of nitriles is 1. The monoisotopic (exact) mass is 219 g/mol. The van der Waals surface area contributed by atoms with Crippen molar-refractivity contribution < 1.29 is 8.42 Å². The van der Waals surface area contributed by atoms with Gasteiger partial charge in [0.25, 0.3) is 0 Å². The summed E-state index contributed by atoms with van der Waals surface area (Å²) in [6.07, 6.45) is 0.313. The lowest BCUT2D eigenvalue weighted by Gasteiger charge is -2.12. The molecule has 0 saturated heterocycles. The predicted octanol–water partition coefficient (Wildman–Crippen LogP) is -0.230. The molecule has 0 fully saturated rings. The Morgan fingerprint density at radius 1 is 1.50 bits per heavy atom. The smallest absolute Gasteiger partial charge is 0.228 e. The first-order chi connectivity index (χ1) is 6.44. The van der Waals surface area contributed by atoms with Crippen molar-refractivity contribution in [3.63, 3.8) is 0 Å². The van der Waals surface area contributed by atoms with Gasteiger partial charge in [0.2, 0.25) is 10.0 Å². The van der Waals surface area contributed by atoms with Crippen molar-refractivity contribution in [3.8, 4) is 6.07 Å². The van der Waals surface area contributed by atoms with Crippen LogP contribution in [0.3, 0.4) is 0 Å². The fraction of sp³-hybridized carbons (Fsp3) is 0.875. The molecule has 0 aromatic heterocycles. The van der Waals surface area contributed by atoms with Crippen LogP contribution < -0.4 is 4.72 Å². The quantitative estimate of drug-likeness (QED) is 0.669. The number of hydrogen-bond acceptors (Lipinski definition) is 4. The van der Waals surface area contributed by atoms with E-state index >= 15 is 0 Å². The van der Waals surface area contributed by atoms with Crippen LogP contribution in [-0.2, 0) is 10.0 Å².